The maximum atomic E-state index is 5.85. The third-order valence-corrected chi connectivity index (χ3v) is 2.03. The molecular weight excluding hydrogens is 188 g/mol. The summed E-state index contributed by atoms with van der Waals surface area (Å²) in [5.74, 6) is 0. The van der Waals surface area contributed by atoms with Crippen LogP contribution in [0.25, 0.3) is 5.65 Å². The summed E-state index contributed by atoms with van der Waals surface area (Å²) in [6.07, 6.45) is 2.33. The molecule has 0 aliphatic heterocycles. The summed E-state index contributed by atoms with van der Waals surface area (Å²) >= 11 is 5.85. The lowest BCUT2D eigenvalue weighted by Crippen LogP contribution is -2.06. The molecule has 0 aliphatic carbocycles. The maximum absolute atomic E-state index is 5.85. The Morgan fingerprint density at radius 2 is 2.31 bits per heavy atom. The second kappa shape index (κ2) is 3.32. The van der Waals surface area contributed by atoms with E-state index in [4.69, 9.17) is 17.3 Å². The number of nitrogens with zero attached hydrogens (tertiary/aromatic N) is 3. The fourth-order valence-corrected chi connectivity index (χ4v) is 1.34. The van der Waals surface area contributed by atoms with Crippen molar-refractivity contribution >= 4 is 17.2 Å². The molecule has 2 aromatic heterocycles. The Labute approximate surface area is 80.3 Å². The van der Waals surface area contributed by atoms with E-state index >= 15 is 0 Å². The van der Waals surface area contributed by atoms with E-state index in [1.807, 2.05) is 12.1 Å². The van der Waals surface area contributed by atoms with E-state index in [1.54, 1.807) is 10.7 Å². The van der Waals surface area contributed by atoms with Gasteiger partial charge < -0.3 is 5.73 Å². The van der Waals surface area contributed by atoms with Crippen molar-refractivity contribution in [2.75, 3.05) is 6.54 Å². The van der Waals surface area contributed by atoms with Gasteiger partial charge in [0.1, 0.15) is 0 Å². The monoisotopic (exact) mass is 196 g/mol. The van der Waals surface area contributed by atoms with Gasteiger partial charge in [-0.2, -0.15) is 5.10 Å². The van der Waals surface area contributed by atoms with E-state index in [2.05, 4.69) is 10.1 Å². The molecule has 0 unspecified atom stereocenters. The minimum absolute atomic E-state index is 0.522. The first-order valence-electron chi connectivity index (χ1n) is 4.00. The molecule has 0 spiro atoms. The summed E-state index contributed by atoms with van der Waals surface area (Å²) in [7, 11) is 0. The van der Waals surface area contributed by atoms with E-state index in [-0.39, 0.29) is 0 Å². The lowest BCUT2D eigenvalue weighted by molar-refractivity contribution is 0.830. The highest BCUT2D eigenvalue weighted by Gasteiger charge is 2.01. The van der Waals surface area contributed by atoms with Gasteiger partial charge in [-0.1, -0.05) is 11.6 Å². The zero-order valence-corrected chi connectivity index (χ0v) is 7.70. The molecule has 5 heteroatoms. The summed E-state index contributed by atoms with van der Waals surface area (Å²) in [6, 6.07) is 3.79. The Morgan fingerprint density at radius 1 is 1.46 bits per heavy atom. The average Bonchev–Trinajstić information content (AvgIpc) is 2.49. The van der Waals surface area contributed by atoms with Crippen molar-refractivity contribution in [1.82, 2.24) is 14.6 Å². The number of hydrogen-bond donors (Lipinski definition) is 1. The fourth-order valence-electron chi connectivity index (χ4n) is 1.16. The van der Waals surface area contributed by atoms with Crippen LogP contribution >= 0.6 is 11.6 Å². The van der Waals surface area contributed by atoms with Gasteiger partial charge in [-0.05, 0) is 18.7 Å². The second-order valence-corrected chi connectivity index (χ2v) is 3.10. The van der Waals surface area contributed by atoms with Crippen molar-refractivity contribution in [1.29, 1.82) is 0 Å². The summed E-state index contributed by atoms with van der Waals surface area (Å²) in [5, 5.41) is 4.79. The summed E-state index contributed by atoms with van der Waals surface area (Å²) in [6.45, 7) is 0.588. The highest BCUT2D eigenvalue weighted by Crippen LogP contribution is 2.10. The number of imidazole rings is 1. The van der Waals surface area contributed by atoms with Gasteiger partial charge in [0, 0.05) is 6.42 Å². The van der Waals surface area contributed by atoms with Gasteiger partial charge in [-0.3, -0.25) is 0 Å². The third kappa shape index (κ3) is 1.50. The van der Waals surface area contributed by atoms with E-state index < -0.39 is 0 Å². The van der Waals surface area contributed by atoms with Crippen molar-refractivity contribution in [2.24, 2.45) is 5.73 Å². The van der Waals surface area contributed by atoms with Crippen molar-refractivity contribution < 1.29 is 0 Å². The third-order valence-electron chi connectivity index (χ3n) is 1.78. The van der Waals surface area contributed by atoms with Crippen LogP contribution in [0.3, 0.4) is 0 Å². The summed E-state index contributed by atoms with van der Waals surface area (Å²) < 4.78 is 1.60. The molecule has 13 heavy (non-hydrogen) atoms. The van der Waals surface area contributed by atoms with Gasteiger partial charge in [-0.15, -0.1) is 0 Å². The van der Waals surface area contributed by atoms with Gasteiger partial charge in [0.05, 0.1) is 11.9 Å². The number of aromatic nitrogens is 3. The smallest absolute Gasteiger partial charge is 0.155 e. The Kier molecular flexibility index (Phi) is 2.16. The first-order valence-corrected chi connectivity index (χ1v) is 4.38. The molecule has 0 aromatic carbocycles. The van der Waals surface area contributed by atoms with Crippen LogP contribution in [0.2, 0.25) is 5.15 Å². The molecule has 2 aromatic rings. The highest BCUT2D eigenvalue weighted by atomic mass is 35.5. The molecule has 0 saturated carbocycles. The zero-order valence-electron chi connectivity index (χ0n) is 6.94. The molecule has 2 N–H and O–H groups in total. The minimum atomic E-state index is 0.522. The Balaban J connectivity index is 2.53. The average molecular weight is 197 g/mol. The van der Waals surface area contributed by atoms with Crippen molar-refractivity contribution in [3.63, 3.8) is 0 Å². The van der Waals surface area contributed by atoms with Gasteiger partial charge in [0.25, 0.3) is 0 Å². The number of nitrogens with two attached hydrogens (primary N) is 1. The van der Waals surface area contributed by atoms with Crippen LogP contribution in [0.5, 0.6) is 0 Å². The van der Waals surface area contributed by atoms with Crippen LogP contribution in [-0.4, -0.2) is 21.1 Å². The molecule has 2 rings (SSSR count). The molecule has 0 fully saturated rings. The predicted octanol–water partition coefficient (Wildman–Crippen LogP) is 0.884. The molecular formula is C8H9ClN4. The quantitative estimate of drug-likeness (QED) is 0.776. The standard InChI is InChI=1S/C8H9ClN4/c9-7-5-11-8-2-1-6(3-4-10)12-13(7)8/h1-2,5H,3-4,10H2. The number of fused-ring (bicyclic) bond motifs is 1. The largest absolute Gasteiger partial charge is 0.330 e. The van der Waals surface area contributed by atoms with E-state index in [1.165, 1.54) is 0 Å². The van der Waals surface area contributed by atoms with Crippen LogP contribution in [0.4, 0.5) is 0 Å². The topological polar surface area (TPSA) is 56.2 Å². The first kappa shape index (κ1) is 8.47. The molecule has 0 bridgehead atoms. The maximum Gasteiger partial charge on any atom is 0.155 e. The molecule has 68 valence electrons. The number of halogens is 1. The van der Waals surface area contributed by atoms with Gasteiger partial charge in [0.15, 0.2) is 10.8 Å². The Hall–Kier alpha value is -1.13. The molecule has 0 saturated heterocycles. The van der Waals surface area contributed by atoms with Crippen LogP contribution in [0.1, 0.15) is 5.69 Å². The van der Waals surface area contributed by atoms with E-state index in [0.717, 1.165) is 17.8 Å². The molecule has 0 aliphatic rings. The molecule has 0 radical (unpaired) electrons. The number of hydrogen-bond acceptors (Lipinski definition) is 3. The molecule has 0 amide bonds. The fraction of sp³-hybridized carbons (Fsp3) is 0.250. The van der Waals surface area contributed by atoms with Crippen molar-refractivity contribution in [3.8, 4) is 0 Å². The SMILES string of the molecule is NCCc1ccc2ncc(Cl)n2n1. The van der Waals surface area contributed by atoms with E-state index in [9.17, 15) is 0 Å². The van der Waals surface area contributed by atoms with Gasteiger partial charge >= 0.3 is 0 Å². The lowest BCUT2D eigenvalue weighted by atomic mass is 10.3. The van der Waals surface area contributed by atoms with Crippen LogP contribution in [0.15, 0.2) is 18.3 Å². The molecule has 0 atom stereocenters. The van der Waals surface area contributed by atoms with Crippen LogP contribution in [-0.2, 0) is 6.42 Å². The Bertz CT molecular complexity index is 423. The minimum Gasteiger partial charge on any atom is -0.330 e. The molecule has 2 heterocycles. The van der Waals surface area contributed by atoms with Crippen LogP contribution < -0.4 is 5.73 Å². The normalized spacial score (nSPS) is 10.9. The Morgan fingerprint density at radius 3 is 3.08 bits per heavy atom. The second-order valence-electron chi connectivity index (χ2n) is 2.71. The summed E-state index contributed by atoms with van der Waals surface area (Å²) in [4.78, 5) is 4.06. The zero-order chi connectivity index (χ0) is 9.26. The van der Waals surface area contributed by atoms with Gasteiger partial charge in [0.2, 0.25) is 0 Å². The first-order chi connectivity index (χ1) is 6.31. The highest BCUT2D eigenvalue weighted by molar-refractivity contribution is 6.29. The van der Waals surface area contributed by atoms with Crippen molar-refractivity contribution in [2.45, 2.75) is 6.42 Å². The number of rotatable bonds is 2. The van der Waals surface area contributed by atoms with Gasteiger partial charge in [-0.25, -0.2) is 9.50 Å². The lowest BCUT2D eigenvalue weighted by Gasteiger charge is -1.98. The van der Waals surface area contributed by atoms with E-state index in [0.29, 0.717) is 11.7 Å². The van der Waals surface area contributed by atoms with Crippen LogP contribution in [0, 0.1) is 0 Å². The van der Waals surface area contributed by atoms with Crippen molar-refractivity contribution in [3.05, 3.63) is 29.2 Å². The summed E-state index contributed by atoms with van der Waals surface area (Å²) in [5.41, 5.74) is 7.10. The molecule has 4 nitrogen and oxygen atoms in total. The predicted molar refractivity (Wildman–Crippen MR) is 50.8 cm³/mol.